The highest BCUT2D eigenvalue weighted by atomic mass is 127. The predicted octanol–water partition coefficient (Wildman–Crippen LogP) is 2.59. The van der Waals surface area contributed by atoms with E-state index in [9.17, 15) is 9.59 Å². The summed E-state index contributed by atoms with van der Waals surface area (Å²) in [6.45, 7) is 8.80. The first-order valence-corrected chi connectivity index (χ1v) is 7.14. The van der Waals surface area contributed by atoms with E-state index in [-0.39, 0.29) is 0 Å². The number of ether oxygens (including phenoxy) is 1. The zero-order valence-electron chi connectivity index (χ0n) is 10.9. The van der Waals surface area contributed by atoms with Gasteiger partial charge < -0.3 is 15.2 Å². The van der Waals surface area contributed by atoms with Crippen LogP contribution in [0.1, 0.15) is 27.2 Å². The lowest BCUT2D eigenvalue weighted by Crippen LogP contribution is -2.44. The lowest BCUT2D eigenvalue weighted by molar-refractivity contribution is -0.142. The molecule has 2 atom stereocenters. The third kappa shape index (κ3) is 6.83. The van der Waals surface area contributed by atoms with Crippen LogP contribution >= 0.6 is 22.6 Å². The maximum Gasteiger partial charge on any atom is 0.408 e. The molecular weight excluding hydrogens is 349 g/mol. The number of nitrogens with one attached hydrogen (secondary N) is 1. The van der Waals surface area contributed by atoms with E-state index < -0.39 is 29.6 Å². The molecule has 1 amide bonds. The average Bonchev–Trinajstić information content (AvgIpc) is 2.20. The predicted molar refractivity (Wildman–Crippen MR) is 78.0 cm³/mol. The number of carbonyl (C=O) groups excluding carboxylic acids is 1. The number of amides is 1. The summed E-state index contributed by atoms with van der Waals surface area (Å²) in [7, 11) is 0. The van der Waals surface area contributed by atoms with Gasteiger partial charge in [-0.2, -0.15) is 0 Å². The topological polar surface area (TPSA) is 75.6 Å². The summed E-state index contributed by atoms with van der Waals surface area (Å²) in [6, 6.07) is -0.632. The Hall–Kier alpha value is -0.790. The van der Waals surface area contributed by atoms with Crippen molar-refractivity contribution in [2.24, 2.45) is 5.92 Å². The van der Waals surface area contributed by atoms with Gasteiger partial charge in [-0.1, -0.05) is 28.7 Å². The number of alkyl carbamates (subject to hydrolysis) is 1. The van der Waals surface area contributed by atoms with Gasteiger partial charge >= 0.3 is 12.1 Å². The first kappa shape index (κ1) is 17.2. The fraction of sp³-hybridized carbons (Fsp3) is 0.667. The summed E-state index contributed by atoms with van der Waals surface area (Å²) >= 11 is 2.10. The quantitative estimate of drug-likeness (QED) is 0.429. The van der Waals surface area contributed by atoms with Gasteiger partial charge in [0.2, 0.25) is 0 Å². The maximum atomic E-state index is 11.6. The monoisotopic (exact) mass is 369 g/mol. The Morgan fingerprint density at radius 1 is 1.50 bits per heavy atom. The summed E-state index contributed by atoms with van der Waals surface area (Å²) in [4.78, 5) is 22.7. The highest BCUT2D eigenvalue weighted by Crippen LogP contribution is 2.14. The first-order valence-electron chi connectivity index (χ1n) is 5.62. The van der Waals surface area contributed by atoms with Crippen molar-refractivity contribution in [1.82, 2.24) is 5.32 Å². The first-order chi connectivity index (χ1) is 8.21. The van der Waals surface area contributed by atoms with Crippen molar-refractivity contribution in [2.45, 2.75) is 38.8 Å². The van der Waals surface area contributed by atoms with Crippen LogP contribution in [0.5, 0.6) is 0 Å². The van der Waals surface area contributed by atoms with Gasteiger partial charge in [-0.25, -0.2) is 4.79 Å². The molecule has 0 saturated carbocycles. The van der Waals surface area contributed by atoms with Gasteiger partial charge in [-0.3, -0.25) is 4.79 Å². The second kappa shape index (κ2) is 7.60. The van der Waals surface area contributed by atoms with Gasteiger partial charge in [0.15, 0.2) is 0 Å². The van der Waals surface area contributed by atoms with Gasteiger partial charge in [0.05, 0.1) is 12.0 Å². The van der Waals surface area contributed by atoms with E-state index in [0.29, 0.717) is 10.8 Å². The minimum Gasteiger partial charge on any atom is -0.481 e. The van der Waals surface area contributed by atoms with Crippen molar-refractivity contribution in [2.75, 3.05) is 4.43 Å². The molecule has 0 bridgehead atoms. The van der Waals surface area contributed by atoms with Gasteiger partial charge in [-0.15, -0.1) is 6.58 Å². The molecular formula is C12H20INO4. The van der Waals surface area contributed by atoms with E-state index in [1.54, 1.807) is 20.8 Å². The number of carboxylic acid groups (broad SMARTS) is 1. The molecule has 0 aromatic carbocycles. The molecule has 0 rings (SSSR count). The largest absolute Gasteiger partial charge is 0.481 e. The molecule has 6 heteroatoms. The number of alkyl halides is 1. The summed E-state index contributed by atoms with van der Waals surface area (Å²) < 4.78 is 5.77. The van der Waals surface area contributed by atoms with Crippen LogP contribution in [0.15, 0.2) is 12.7 Å². The van der Waals surface area contributed by atoms with Crippen molar-refractivity contribution in [3.8, 4) is 0 Å². The van der Waals surface area contributed by atoms with Crippen LogP contribution in [0.4, 0.5) is 4.79 Å². The Balaban J connectivity index is 4.62. The van der Waals surface area contributed by atoms with Crippen molar-refractivity contribution in [1.29, 1.82) is 0 Å². The number of aliphatic carboxylic acids is 1. The smallest absolute Gasteiger partial charge is 0.408 e. The Labute approximate surface area is 121 Å². The van der Waals surface area contributed by atoms with Crippen LogP contribution < -0.4 is 5.32 Å². The van der Waals surface area contributed by atoms with E-state index in [1.807, 2.05) is 0 Å². The Bertz CT molecular complexity index is 312. The van der Waals surface area contributed by atoms with Gasteiger partial charge in [0, 0.05) is 4.43 Å². The lowest BCUT2D eigenvalue weighted by atomic mass is 9.97. The standard InChI is InChI=1S/C12H20INO4/c1-5-9(8(6-7-13)10(15)16)14-11(17)18-12(2,3)4/h5,8-9H,1,6-7H2,2-4H3,(H,14,17)(H,15,16)/t8-,9-/m0/s1. The van der Waals surface area contributed by atoms with Crippen LogP contribution in [0.2, 0.25) is 0 Å². The van der Waals surface area contributed by atoms with E-state index >= 15 is 0 Å². The average molecular weight is 369 g/mol. The van der Waals surface area contributed by atoms with Crippen LogP contribution in [0, 0.1) is 5.92 Å². The molecule has 0 unspecified atom stereocenters. The second-order valence-corrected chi connectivity index (χ2v) is 5.91. The number of rotatable bonds is 6. The number of hydrogen-bond donors (Lipinski definition) is 2. The maximum absolute atomic E-state index is 11.6. The van der Waals surface area contributed by atoms with Crippen LogP contribution in [0.3, 0.4) is 0 Å². The molecule has 2 N–H and O–H groups in total. The fourth-order valence-corrected chi connectivity index (χ4v) is 2.01. The minimum absolute atomic E-state index is 0.461. The molecule has 18 heavy (non-hydrogen) atoms. The zero-order valence-corrected chi connectivity index (χ0v) is 13.1. The van der Waals surface area contributed by atoms with Crippen LogP contribution in [-0.4, -0.2) is 33.2 Å². The molecule has 0 aromatic rings. The zero-order chi connectivity index (χ0) is 14.3. The lowest BCUT2D eigenvalue weighted by Gasteiger charge is -2.25. The molecule has 104 valence electrons. The normalized spacial score (nSPS) is 14.4. The highest BCUT2D eigenvalue weighted by Gasteiger charge is 2.28. The molecule has 0 aliphatic rings. The molecule has 0 saturated heterocycles. The Kier molecular flexibility index (Phi) is 7.27. The Morgan fingerprint density at radius 2 is 2.06 bits per heavy atom. The van der Waals surface area contributed by atoms with Crippen molar-refractivity contribution in [3.63, 3.8) is 0 Å². The third-order valence-corrected chi connectivity index (χ3v) is 2.73. The SMILES string of the molecule is C=C[C@H](NC(=O)OC(C)(C)C)[C@H](CCI)C(=O)O. The van der Waals surface area contributed by atoms with Crippen LogP contribution in [-0.2, 0) is 9.53 Å². The van der Waals surface area contributed by atoms with Crippen LogP contribution in [0.25, 0.3) is 0 Å². The molecule has 0 aromatic heterocycles. The molecule has 0 aliphatic carbocycles. The van der Waals surface area contributed by atoms with E-state index in [4.69, 9.17) is 9.84 Å². The second-order valence-electron chi connectivity index (χ2n) is 4.83. The van der Waals surface area contributed by atoms with Crippen molar-refractivity contribution < 1.29 is 19.4 Å². The minimum atomic E-state index is -0.951. The molecule has 0 fully saturated rings. The number of hydrogen-bond acceptors (Lipinski definition) is 3. The van der Waals surface area contributed by atoms with Crippen molar-refractivity contribution in [3.05, 3.63) is 12.7 Å². The number of carboxylic acids is 1. The molecule has 0 spiro atoms. The number of halogens is 1. The summed E-state index contributed by atoms with van der Waals surface area (Å²) in [6.07, 6.45) is 1.25. The third-order valence-electron chi connectivity index (χ3n) is 2.11. The molecule has 0 radical (unpaired) electrons. The molecule has 0 heterocycles. The van der Waals surface area contributed by atoms with E-state index in [0.717, 1.165) is 0 Å². The highest BCUT2D eigenvalue weighted by molar-refractivity contribution is 14.1. The summed E-state index contributed by atoms with van der Waals surface area (Å²) in [5.74, 6) is -1.64. The molecule has 0 aliphatic heterocycles. The van der Waals surface area contributed by atoms with Gasteiger partial charge in [0.1, 0.15) is 5.60 Å². The van der Waals surface area contributed by atoms with E-state index in [2.05, 4.69) is 34.5 Å². The van der Waals surface area contributed by atoms with Gasteiger partial charge in [-0.05, 0) is 27.2 Å². The summed E-state index contributed by atoms with van der Waals surface area (Å²) in [5.41, 5.74) is -0.613. The Morgan fingerprint density at radius 3 is 2.39 bits per heavy atom. The molecule has 5 nitrogen and oxygen atoms in total. The number of carbonyl (C=O) groups is 2. The van der Waals surface area contributed by atoms with Crippen molar-refractivity contribution >= 4 is 34.7 Å². The fourth-order valence-electron chi connectivity index (χ4n) is 1.34. The van der Waals surface area contributed by atoms with E-state index in [1.165, 1.54) is 6.08 Å². The summed E-state index contributed by atoms with van der Waals surface area (Å²) in [5, 5.41) is 11.6. The van der Waals surface area contributed by atoms with Gasteiger partial charge in [0.25, 0.3) is 0 Å².